The number of hydrogen-bond acceptors (Lipinski definition) is 6. The van der Waals surface area contributed by atoms with Gasteiger partial charge in [-0.25, -0.2) is 0 Å². The summed E-state index contributed by atoms with van der Waals surface area (Å²) in [6.07, 6.45) is 1.51. The standard InChI is InChI=1S/C18H16ClN3O4/c1-9-16-12(10(8-23)7-21-9)6-13(17(20)26-16)18(24)22-14-5-11(19)3-4-15(14)25-2/h3-7,20,23H,8H2,1-2H3,(H,22,24). The van der Waals surface area contributed by atoms with Gasteiger partial charge in [0.1, 0.15) is 11.3 Å². The lowest BCUT2D eigenvalue weighted by Gasteiger charge is -2.11. The van der Waals surface area contributed by atoms with E-state index in [0.29, 0.717) is 38.7 Å². The number of amides is 1. The highest BCUT2D eigenvalue weighted by Crippen LogP contribution is 2.28. The Hall–Kier alpha value is -2.90. The lowest BCUT2D eigenvalue weighted by Crippen LogP contribution is -2.21. The van der Waals surface area contributed by atoms with Gasteiger partial charge in [0.05, 0.1) is 25.1 Å². The molecule has 8 heteroatoms. The van der Waals surface area contributed by atoms with Crippen LogP contribution in [0.3, 0.4) is 0 Å². The van der Waals surface area contributed by atoms with Crippen molar-refractivity contribution in [2.24, 2.45) is 0 Å². The Morgan fingerprint density at radius 2 is 2.19 bits per heavy atom. The molecule has 0 unspecified atom stereocenters. The summed E-state index contributed by atoms with van der Waals surface area (Å²) in [5.41, 5.74) is 1.50. The number of methoxy groups -OCH3 is 1. The van der Waals surface area contributed by atoms with Gasteiger partial charge in [0, 0.05) is 22.2 Å². The lowest BCUT2D eigenvalue weighted by atomic mass is 10.1. The summed E-state index contributed by atoms with van der Waals surface area (Å²) in [5.74, 6) is -0.123. The Bertz CT molecular complexity index is 1060. The number of nitrogens with one attached hydrogen (secondary N) is 2. The fraction of sp³-hybridized carbons (Fsp3) is 0.167. The number of fused-ring (bicyclic) bond motifs is 1. The average Bonchev–Trinajstić information content (AvgIpc) is 2.62. The maximum atomic E-state index is 12.7. The molecule has 0 aliphatic heterocycles. The van der Waals surface area contributed by atoms with Crippen LogP contribution in [0.15, 0.2) is 34.9 Å². The van der Waals surface area contributed by atoms with Crippen LogP contribution in [0.5, 0.6) is 5.75 Å². The van der Waals surface area contributed by atoms with Crippen molar-refractivity contribution in [1.82, 2.24) is 4.98 Å². The third kappa shape index (κ3) is 3.26. The molecule has 2 aromatic heterocycles. The summed E-state index contributed by atoms with van der Waals surface area (Å²) >= 11 is 5.97. The van der Waals surface area contributed by atoms with Crippen LogP contribution in [0, 0.1) is 12.3 Å². The molecule has 134 valence electrons. The molecule has 0 saturated carbocycles. The van der Waals surface area contributed by atoms with Crippen molar-refractivity contribution >= 4 is 34.2 Å². The van der Waals surface area contributed by atoms with Crippen molar-refractivity contribution in [3.63, 3.8) is 0 Å². The van der Waals surface area contributed by atoms with Gasteiger partial charge in [-0.3, -0.25) is 15.2 Å². The van der Waals surface area contributed by atoms with Crippen LogP contribution in [0.25, 0.3) is 11.0 Å². The average molecular weight is 374 g/mol. The van der Waals surface area contributed by atoms with Crippen LogP contribution in [-0.2, 0) is 6.61 Å². The Morgan fingerprint density at radius 1 is 1.42 bits per heavy atom. The van der Waals surface area contributed by atoms with Crippen molar-refractivity contribution in [3.05, 3.63) is 57.9 Å². The van der Waals surface area contributed by atoms with Crippen LogP contribution in [-0.4, -0.2) is 23.1 Å². The minimum Gasteiger partial charge on any atom is -0.495 e. The lowest BCUT2D eigenvalue weighted by molar-refractivity contribution is 0.102. The number of aromatic nitrogens is 1. The normalized spacial score (nSPS) is 10.8. The van der Waals surface area contributed by atoms with Gasteiger partial charge in [-0.1, -0.05) is 11.6 Å². The monoisotopic (exact) mass is 373 g/mol. The van der Waals surface area contributed by atoms with Crippen molar-refractivity contribution in [1.29, 1.82) is 5.41 Å². The molecule has 0 spiro atoms. The Labute approximate surface area is 153 Å². The maximum absolute atomic E-state index is 12.7. The van der Waals surface area contributed by atoms with Crippen molar-refractivity contribution in [2.45, 2.75) is 13.5 Å². The molecule has 0 aliphatic carbocycles. The summed E-state index contributed by atoms with van der Waals surface area (Å²) in [6.45, 7) is 1.46. The van der Waals surface area contributed by atoms with Crippen LogP contribution >= 0.6 is 11.6 Å². The molecule has 0 fully saturated rings. The predicted molar refractivity (Wildman–Crippen MR) is 96.5 cm³/mol. The summed E-state index contributed by atoms with van der Waals surface area (Å²) < 4.78 is 10.7. The Kier molecular flexibility index (Phi) is 4.92. The molecule has 0 radical (unpaired) electrons. The Morgan fingerprint density at radius 3 is 2.88 bits per heavy atom. The topological polar surface area (TPSA) is 108 Å². The van der Waals surface area contributed by atoms with Gasteiger partial charge in [0.15, 0.2) is 5.58 Å². The van der Waals surface area contributed by atoms with E-state index in [0.717, 1.165) is 0 Å². The summed E-state index contributed by atoms with van der Waals surface area (Å²) in [7, 11) is 1.48. The number of carbonyl (C=O) groups is 1. The zero-order chi connectivity index (χ0) is 18.8. The number of rotatable bonds is 4. The van der Waals surface area contributed by atoms with Gasteiger partial charge in [-0.05, 0) is 31.2 Å². The quantitative estimate of drug-likeness (QED) is 0.651. The zero-order valence-corrected chi connectivity index (χ0v) is 14.8. The minimum absolute atomic E-state index is 0.0137. The second-order valence-corrected chi connectivity index (χ2v) is 5.99. The van der Waals surface area contributed by atoms with Crippen LogP contribution in [0.1, 0.15) is 21.6 Å². The molecule has 7 nitrogen and oxygen atoms in total. The van der Waals surface area contributed by atoms with Crippen molar-refractivity contribution in [3.8, 4) is 5.75 Å². The largest absolute Gasteiger partial charge is 0.495 e. The van der Waals surface area contributed by atoms with Gasteiger partial charge in [-0.15, -0.1) is 0 Å². The smallest absolute Gasteiger partial charge is 0.261 e. The van der Waals surface area contributed by atoms with E-state index < -0.39 is 5.91 Å². The van der Waals surface area contributed by atoms with E-state index in [2.05, 4.69) is 10.3 Å². The van der Waals surface area contributed by atoms with Crippen molar-refractivity contribution < 1.29 is 19.1 Å². The highest BCUT2D eigenvalue weighted by atomic mass is 35.5. The number of benzene rings is 1. The van der Waals surface area contributed by atoms with E-state index in [1.807, 2.05) is 0 Å². The number of aliphatic hydroxyl groups excluding tert-OH is 1. The molecule has 2 heterocycles. The first kappa shape index (κ1) is 17.9. The van der Waals surface area contributed by atoms with Crippen LogP contribution < -0.4 is 15.6 Å². The first-order valence-corrected chi connectivity index (χ1v) is 8.05. The third-order valence-corrected chi connectivity index (χ3v) is 4.13. The molecule has 26 heavy (non-hydrogen) atoms. The number of aryl methyl sites for hydroxylation is 1. The van der Waals surface area contributed by atoms with Gasteiger partial charge in [0.25, 0.3) is 5.91 Å². The van der Waals surface area contributed by atoms with E-state index in [4.69, 9.17) is 26.2 Å². The number of carbonyl (C=O) groups excluding carboxylic acids is 1. The second kappa shape index (κ2) is 7.15. The molecule has 3 rings (SSSR count). The van der Waals surface area contributed by atoms with Gasteiger partial charge in [-0.2, -0.15) is 0 Å². The number of anilines is 1. The number of halogens is 1. The molecule has 3 aromatic rings. The first-order chi connectivity index (χ1) is 12.4. The molecule has 0 bridgehead atoms. The predicted octanol–water partition coefficient (Wildman–Crippen LogP) is 3.02. The number of aliphatic hydroxyl groups is 1. The molecule has 0 aliphatic rings. The van der Waals surface area contributed by atoms with Gasteiger partial charge >= 0.3 is 0 Å². The summed E-state index contributed by atoms with van der Waals surface area (Å²) in [6, 6.07) is 6.32. The van der Waals surface area contributed by atoms with Crippen LogP contribution in [0.4, 0.5) is 5.69 Å². The zero-order valence-electron chi connectivity index (χ0n) is 14.1. The highest BCUT2D eigenvalue weighted by Gasteiger charge is 2.17. The highest BCUT2D eigenvalue weighted by molar-refractivity contribution is 6.31. The maximum Gasteiger partial charge on any atom is 0.261 e. The SMILES string of the molecule is COc1ccc(Cl)cc1NC(=O)c1cc2c(CO)cnc(C)c2oc1=N. The number of ether oxygens (including phenoxy) is 1. The second-order valence-electron chi connectivity index (χ2n) is 5.56. The van der Waals surface area contributed by atoms with E-state index in [1.54, 1.807) is 25.1 Å². The van der Waals surface area contributed by atoms with E-state index in [1.165, 1.54) is 19.4 Å². The molecular formula is C18H16ClN3O4. The molecule has 0 atom stereocenters. The van der Waals surface area contributed by atoms with E-state index >= 15 is 0 Å². The number of nitrogens with zero attached hydrogens (tertiary/aromatic N) is 1. The fourth-order valence-corrected chi connectivity index (χ4v) is 2.73. The Balaban J connectivity index is 2.08. The van der Waals surface area contributed by atoms with Crippen LogP contribution in [0.2, 0.25) is 5.02 Å². The molecule has 0 saturated heterocycles. The number of hydrogen-bond donors (Lipinski definition) is 3. The van der Waals surface area contributed by atoms with E-state index in [-0.39, 0.29) is 17.7 Å². The van der Waals surface area contributed by atoms with E-state index in [9.17, 15) is 9.90 Å². The summed E-state index contributed by atoms with van der Waals surface area (Å²) in [5, 5.41) is 21.2. The van der Waals surface area contributed by atoms with Gasteiger partial charge in [0.2, 0.25) is 5.55 Å². The fourth-order valence-electron chi connectivity index (χ4n) is 2.56. The third-order valence-electron chi connectivity index (χ3n) is 3.90. The van der Waals surface area contributed by atoms with Gasteiger partial charge < -0.3 is 19.6 Å². The molecule has 1 aromatic carbocycles. The summed E-state index contributed by atoms with van der Waals surface area (Å²) in [4.78, 5) is 16.8. The molecular weight excluding hydrogens is 358 g/mol. The molecule has 1 amide bonds. The number of pyridine rings is 1. The first-order valence-electron chi connectivity index (χ1n) is 7.67. The molecule has 3 N–H and O–H groups in total. The minimum atomic E-state index is -0.556. The van der Waals surface area contributed by atoms with Crippen molar-refractivity contribution in [2.75, 3.05) is 12.4 Å².